The monoisotopic (exact) mass is 410 g/mol. The first-order valence-electron chi connectivity index (χ1n) is 7.64. The van der Waals surface area contributed by atoms with E-state index in [1.807, 2.05) is 43.3 Å². The second kappa shape index (κ2) is 9.64. The van der Waals surface area contributed by atoms with Gasteiger partial charge in [-0.3, -0.25) is 0 Å². The number of nitrogens with zero attached hydrogens (tertiary/aromatic N) is 1. The van der Waals surface area contributed by atoms with Gasteiger partial charge in [-0.2, -0.15) is 9.69 Å². The van der Waals surface area contributed by atoms with Gasteiger partial charge in [-0.25, -0.2) is 4.98 Å². The summed E-state index contributed by atoms with van der Waals surface area (Å²) in [6.45, 7) is 2.42. The van der Waals surface area contributed by atoms with Crippen molar-refractivity contribution in [2.45, 2.75) is 13.3 Å². The zero-order valence-electron chi connectivity index (χ0n) is 13.8. The number of phenolic OH excluding ortho intramolecular Hbond substituents is 1. The van der Waals surface area contributed by atoms with E-state index in [9.17, 15) is 5.11 Å². The lowest BCUT2D eigenvalue weighted by molar-refractivity contribution is 0.190. The average molecular weight is 411 g/mol. The Morgan fingerprint density at radius 1 is 1.15 bits per heavy atom. The number of aryl methyl sites for hydroxylation is 1. The fourth-order valence-corrected chi connectivity index (χ4v) is 2.74. The molecule has 0 saturated heterocycles. The number of phenols is 1. The molecule has 0 unspecified atom stereocenters. The largest absolute Gasteiger partial charge is 0.503 e. The molecule has 0 aliphatic rings. The van der Waals surface area contributed by atoms with Crippen LogP contribution >= 0.6 is 23.2 Å². The predicted molar refractivity (Wildman–Crippen MR) is 105 cm³/mol. The molecule has 0 radical (unpaired) electrons. The molecule has 5 nitrogen and oxygen atoms in total. The summed E-state index contributed by atoms with van der Waals surface area (Å²) < 4.78 is 7.83. The van der Waals surface area contributed by atoms with Gasteiger partial charge in [-0.05, 0) is 43.2 Å². The quantitative estimate of drug-likeness (QED) is 0.481. The molecule has 0 spiro atoms. The van der Waals surface area contributed by atoms with Crippen LogP contribution in [0.5, 0.6) is 11.5 Å². The van der Waals surface area contributed by atoms with E-state index >= 15 is 0 Å². The Hall–Kier alpha value is -1.99. The molecule has 0 saturated carbocycles. The number of fused-ring (bicyclic) bond motifs is 1. The second-order valence-corrected chi connectivity index (χ2v) is 6.27. The lowest BCUT2D eigenvalue weighted by Gasteiger charge is -2.11. The van der Waals surface area contributed by atoms with Gasteiger partial charge in [0.15, 0.2) is 24.0 Å². The van der Waals surface area contributed by atoms with Crippen LogP contribution in [-0.4, -0.2) is 20.8 Å². The standard InChI is InChI=1S/C18H16Cl2N2O2.OS/c1-11-2-7-14-15(20)10-16(18(23)17(14)22-11)24-21-9-8-12-3-5-13(19)6-4-12;1-2/h2-7,10,21,23H,8-9H2,1H3;. The molecule has 0 aliphatic heterocycles. The van der Waals surface area contributed by atoms with E-state index in [0.717, 1.165) is 17.7 Å². The van der Waals surface area contributed by atoms with E-state index < -0.39 is 0 Å². The summed E-state index contributed by atoms with van der Waals surface area (Å²) in [6, 6.07) is 12.9. The van der Waals surface area contributed by atoms with Crippen LogP contribution in [0.25, 0.3) is 10.9 Å². The van der Waals surface area contributed by atoms with E-state index in [4.69, 9.17) is 32.2 Å². The molecule has 3 aromatic rings. The summed E-state index contributed by atoms with van der Waals surface area (Å²) in [5, 5.41) is 12.2. The Bertz CT molecular complexity index is 892. The highest BCUT2D eigenvalue weighted by Gasteiger charge is 2.13. The number of halogens is 2. The van der Waals surface area contributed by atoms with Crippen LogP contribution < -0.4 is 10.3 Å². The zero-order valence-corrected chi connectivity index (χ0v) is 16.2. The van der Waals surface area contributed by atoms with Crippen molar-refractivity contribution in [1.29, 1.82) is 0 Å². The third-order valence-electron chi connectivity index (χ3n) is 3.62. The minimum atomic E-state index is -0.0305. The molecular weight excluding hydrogens is 395 g/mol. The van der Waals surface area contributed by atoms with E-state index in [1.165, 1.54) is 0 Å². The zero-order chi connectivity index (χ0) is 19.1. The summed E-state index contributed by atoms with van der Waals surface area (Å²) in [7, 11) is 0. The second-order valence-electron chi connectivity index (χ2n) is 5.43. The first-order valence-corrected chi connectivity index (χ1v) is 8.73. The molecule has 0 atom stereocenters. The number of benzene rings is 2. The minimum absolute atomic E-state index is 0.0305. The van der Waals surface area contributed by atoms with Crippen molar-refractivity contribution < 1.29 is 14.2 Å². The Morgan fingerprint density at radius 3 is 2.54 bits per heavy atom. The summed E-state index contributed by atoms with van der Waals surface area (Å²) in [5.41, 5.74) is 5.19. The summed E-state index contributed by atoms with van der Waals surface area (Å²) in [4.78, 5) is 9.79. The van der Waals surface area contributed by atoms with Crippen LogP contribution in [0, 0.1) is 6.92 Å². The van der Waals surface area contributed by atoms with Crippen molar-refractivity contribution in [3.05, 3.63) is 63.8 Å². The van der Waals surface area contributed by atoms with Gasteiger partial charge < -0.3 is 9.94 Å². The first-order chi connectivity index (χ1) is 12.5. The number of hydrogen-bond donors (Lipinski definition) is 2. The maximum Gasteiger partial charge on any atom is 0.197 e. The highest BCUT2D eigenvalue weighted by Crippen LogP contribution is 2.37. The molecule has 136 valence electrons. The molecule has 1 aromatic heterocycles. The Morgan fingerprint density at radius 2 is 1.85 bits per heavy atom. The van der Waals surface area contributed by atoms with Crippen molar-refractivity contribution in [3.8, 4) is 11.5 Å². The number of hydrogen-bond acceptors (Lipinski definition) is 6. The molecule has 2 aromatic carbocycles. The number of nitrogens with one attached hydrogen (secondary N) is 1. The van der Waals surface area contributed by atoms with Gasteiger partial charge in [0.2, 0.25) is 0 Å². The predicted octanol–water partition coefficient (Wildman–Crippen LogP) is 4.35. The van der Waals surface area contributed by atoms with Crippen molar-refractivity contribution in [1.82, 2.24) is 10.5 Å². The Labute approximate surface area is 166 Å². The third-order valence-corrected chi connectivity index (χ3v) is 4.18. The molecule has 26 heavy (non-hydrogen) atoms. The van der Waals surface area contributed by atoms with Crippen molar-refractivity contribution in [3.63, 3.8) is 0 Å². The normalized spacial score (nSPS) is 10.3. The van der Waals surface area contributed by atoms with Crippen LogP contribution in [0.1, 0.15) is 11.3 Å². The summed E-state index contributed by atoms with van der Waals surface area (Å²) >= 11 is 14.9. The molecule has 1 heterocycles. The van der Waals surface area contributed by atoms with Crippen LogP contribution in [0.15, 0.2) is 42.5 Å². The third kappa shape index (κ3) is 5.02. The number of rotatable bonds is 5. The number of pyridine rings is 1. The van der Waals surface area contributed by atoms with Gasteiger partial charge in [0.25, 0.3) is 0 Å². The van der Waals surface area contributed by atoms with Gasteiger partial charge >= 0.3 is 0 Å². The fraction of sp³-hybridized carbons (Fsp3) is 0.167. The first kappa shape index (κ1) is 20.3. The highest BCUT2D eigenvalue weighted by atomic mass is 35.5. The van der Waals surface area contributed by atoms with Crippen LogP contribution in [-0.2, 0) is 19.0 Å². The summed E-state index contributed by atoms with van der Waals surface area (Å²) in [5.74, 6) is 0.221. The topological polar surface area (TPSA) is 71.4 Å². The molecule has 3 rings (SSSR count). The maximum atomic E-state index is 10.3. The lowest BCUT2D eigenvalue weighted by Crippen LogP contribution is -2.21. The summed E-state index contributed by atoms with van der Waals surface area (Å²) in [6.07, 6.45) is 0.761. The number of hydroxylamine groups is 1. The Kier molecular flexibility index (Phi) is 7.53. The van der Waals surface area contributed by atoms with Gasteiger partial charge in [0.1, 0.15) is 5.52 Å². The minimum Gasteiger partial charge on any atom is -0.503 e. The molecule has 0 aliphatic carbocycles. The maximum absolute atomic E-state index is 10.3. The van der Waals surface area contributed by atoms with Gasteiger partial charge in [-0.15, -0.1) is 0 Å². The van der Waals surface area contributed by atoms with E-state index in [0.29, 0.717) is 27.5 Å². The number of aromatic hydroxyl groups is 1. The van der Waals surface area contributed by atoms with Crippen LogP contribution in [0.3, 0.4) is 0 Å². The molecule has 0 bridgehead atoms. The molecule has 2 N–H and O–H groups in total. The van der Waals surface area contributed by atoms with Crippen LogP contribution in [0.4, 0.5) is 0 Å². The van der Waals surface area contributed by atoms with Crippen molar-refractivity contribution in [2.75, 3.05) is 6.54 Å². The number of aromatic nitrogens is 1. The van der Waals surface area contributed by atoms with Crippen molar-refractivity contribution >= 4 is 46.6 Å². The fourth-order valence-electron chi connectivity index (χ4n) is 2.36. The lowest BCUT2D eigenvalue weighted by atomic mass is 10.1. The molecule has 0 amide bonds. The van der Waals surface area contributed by atoms with Gasteiger partial charge in [0.05, 0.1) is 5.02 Å². The molecular formula is C18H16Cl2N2O3S. The SMILES string of the molecule is Cc1ccc2c(Cl)cc(ONCCc3ccc(Cl)cc3)c(O)c2n1.O=S. The van der Waals surface area contributed by atoms with Crippen LogP contribution in [0.2, 0.25) is 10.0 Å². The highest BCUT2D eigenvalue weighted by molar-refractivity contribution is 7.44. The average Bonchev–Trinajstić information content (AvgIpc) is 2.65. The Balaban J connectivity index is 0.00000117. The van der Waals surface area contributed by atoms with Gasteiger partial charge in [-0.1, -0.05) is 35.3 Å². The molecule has 8 heteroatoms. The van der Waals surface area contributed by atoms with Crippen molar-refractivity contribution in [2.24, 2.45) is 0 Å². The van der Waals surface area contributed by atoms with E-state index in [-0.39, 0.29) is 11.5 Å². The molecule has 0 fully saturated rings. The van der Waals surface area contributed by atoms with E-state index in [2.05, 4.69) is 23.0 Å². The smallest absolute Gasteiger partial charge is 0.197 e. The van der Waals surface area contributed by atoms with E-state index in [1.54, 1.807) is 6.07 Å². The van der Waals surface area contributed by atoms with Gasteiger partial charge in [0, 0.05) is 28.7 Å².